The second-order valence-electron chi connectivity index (χ2n) is 4.03. The maximum absolute atomic E-state index is 13.4. The zero-order valence-corrected chi connectivity index (χ0v) is 8.78. The van der Waals surface area contributed by atoms with Gasteiger partial charge < -0.3 is 9.84 Å². The first-order valence-corrected chi connectivity index (χ1v) is 5.32. The highest BCUT2D eigenvalue weighted by molar-refractivity contribution is 5.87. The number of carbonyl (C=O) groups is 1. The summed E-state index contributed by atoms with van der Waals surface area (Å²) in [6.45, 7) is 0.494. The lowest BCUT2D eigenvalue weighted by molar-refractivity contribution is 0.0696. The van der Waals surface area contributed by atoms with Crippen LogP contribution in [-0.2, 0) is 0 Å². The average Bonchev–Trinajstić information content (AvgIpc) is 3.04. The van der Waals surface area contributed by atoms with Crippen molar-refractivity contribution in [2.45, 2.75) is 19.3 Å². The second-order valence-corrected chi connectivity index (χ2v) is 4.03. The Morgan fingerprint density at radius 3 is 2.81 bits per heavy atom. The smallest absolute Gasteiger partial charge is 0.335 e. The van der Waals surface area contributed by atoms with E-state index in [0.717, 1.165) is 18.4 Å². The average molecular weight is 224 g/mol. The topological polar surface area (TPSA) is 46.5 Å². The summed E-state index contributed by atoms with van der Waals surface area (Å²) in [7, 11) is 0. The van der Waals surface area contributed by atoms with Crippen LogP contribution in [0.25, 0.3) is 0 Å². The molecule has 1 saturated carbocycles. The molecule has 0 spiro atoms. The molecule has 0 heterocycles. The molecular formula is C12H13FO3. The molecule has 0 aromatic heterocycles. The molecule has 0 amide bonds. The fourth-order valence-electron chi connectivity index (χ4n) is 1.49. The zero-order valence-electron chi connectivity index (χ0n) is 8.78. The Bertz CT molecular complexity index is 399. The largest absolute Gasteiger partial charge is 0.491 e. The van der Waals surface area contributed by atoms with Gasteiger partial charge in [-0.25, -0.2) is 9.18 Å². The van der Waals surface area contributed by atoms with Crippen LogP contribution in [0.1, 0.15) is 29.6 Å². The number of hydrogen-bond donors (Lipinski definition) is 1. The SMILES string of the molecule is O=C(O)c1ccc(OCCC2CC2)c(F)c1. The van der Waals surface area contributed by atoms with Crippen LogP contribution in [0.15, 0.2) is 18.2 Å². The van der Waals surface area contributed by atoms with Crippen molar-refractivity contribution in [2.24, 2.45) is 5.92 Å². The summed E-state index contributed by atoms with van der Waals surface area (Å²) < 4.78 is 18.6. The van der Waals surface area contributed by atoms with Crippen molar-refractivity contribution in [3.63, 3.8) is 0 Å². The third-order valence-corrected chi connectivity index (χ3v) is 2.66. The number of hydrogen-bond acceptors (Lipinski definition) is 2. The molecule has 86 valence electrons. The molecule has 1 aromatic carbocycles. The highest BCUT2D eigenvalue weighted by atomic mass is 19.1. The minimum absolute atomic E-state index is 0.0629. The Labute approximate surface area is 92.9 Å². The van der Waals surface area contributed by atoms with Crippen LogP contribution in [0.2, 0.25) is 0 Å². The Morgan fingerprint density at radius 1 is 1.50 bits per heavy atom. The Balaban J connectivity index is 1.95. The molecule has 4 heteroatoms. The maximum Gasteiger partial charge on any atom is 0.335 e. The van der Waals surface area contributed by atoms with Gasteiger partial charge in [0.05, 0.1) is 12.2 Å². The van der Waals surface area contributed by atoms with Gasteiger partial charge in [0.2, 0.25) is 0 Å². The first-order valence-electron chi connectivity index (χ1n) is 5.32. The summed E-state index contributed by atoms with van der Waals surface area (Å²) in [6.07, 6.45) is 3.42. The molecule has 1 fully saturated rings. The van der Waals surface area contributed by atoms with Crippen LogP contribution in [0, 0.1) is 11.7 Å². The van der Waals surface area contributed by atoms with Crippen molar-refractivity contribution in [2.75, 3.05) is 6.61 Å². The molecule has 1 N–H and O–H groups in total. The number of rotatable bonds is 5. The van der Waals surface area contributed by atoms with Crippen LogP contribution >= 0.6 is 0 Å². The Kier molecular flexibility index (Phi) is 3.08. The molecule has 1 aliphatic rings. The summed E-state index contributed by atoms with van der Waals surface area (Å²) in [5.41, 5.74) is -0.0629. The first-order chi connectivity index (χ1) is 7.66. The van der Waals surface area contributed by atoms with Gasteiger partial charge in [-0.05, 0) is 30.5 Å². The number of aromatic carboxylic acids is 1. The molecule has 0 aliphatic heterocycles. The van der Waals surface area contributed by atoms with Gasteiger partial charge in [-0.2, -0.15) is 0 Å². The van der Waals surface area contributed by atoms with E-state index in [1.165, 1.54) is 25.0 Å². The summed E-state index contributed by atoms with van der Waals surface area (Å²) in [5, 5.41) is 8.65. The molecule has 1 aromatic rings. The van der Waals surface area contributed by atoms with Crippen molar-refractivity contribution in [1.82, 2.24) is 0 Å². The lowest BCUT2D eigenvalue weighted by atomic mass is 10.2. The fourth-order valence-corrected chi connectivity index (χ4v) is 1.49. The van der Waals surface area contributed by atoms with Crippen molar-refractivity contribution in [3.05, 3.63) is 29.6 Å². The van der Waals surface area contributed by atoms with Crippen LogP contribution in [0.4, 0.5) is 4.39 Å². The quantitative estimate of drug-likeness (QED) is 0.836. The monoisotopic (exact) mass is 224 g/mol. The molecule has 0 unspecified atom stereocenters. The van der Waals surface area contributed by atoms with Gasteiger partial charge >= 0.3 is 5.97 Å². The van der Waals surface area contributed by atoms with Gasteiger partial charge in [0.15, 0.2) is 11.6 Å². The summed E-state index contributed by atoms with van der Waals surface area (Å²) in [6, 6.07) is 3.69. The van der Waals surface area contributed by atoms with Crippen LogP contribution in [0.5, 0.6) is 5.75 Å². The lowest BCUT2D eigenvalue weighted by Gasteiger charge is -2.06. The number of ether oxygens (including phenoxy) is 1. The molecule has 3 nitrogen and oxygen atoms in total. The highest BCUT2D eigenvalue weighted by Gasteiger charge is 2.21. The molecular weight excluding hydrogens is 211 g/mol. The van der Waals surface area contributed by atoms with E-state index in [-0.39, 0.29) is 11.3 Å². The van der Waals surface area contributed by atoms with Gasteiger partial charge in [-0.15, -0.1) is 0 Å². The van der Waals surface area contributed by atoms with Crippen LogP contribution in [-0.4, -0.2) is 17.7 Å². The van der Waals surface area contributed by atoms with Gasteiger partial charge in [-0.3, -0.25) is 0 Å². The van der Waals surface area contributed by atoms with Gasteiger partial charge in [0, 0.05) is 0 Å². The normalized spacial score (nSPS) is 14.8. The first kappa shape index (κ1) is 10.9. The van der Waals surface area contributed by atoms with E-state index in [4.69, 9.17) is 9.84 Å². The van der Waals surface area contributed by atoms with Crippen molar-refractivity contribution >= 4 is 5.97 Å². The molecule has 0 bridgehead atoms. The number of benzene rings is 1. The summed E-state index contributed by atoms with van der Waals surface area (Å²) >= 11 is 0. The van der Waals surface area contributed by atoms with E-state index < -0.39 is 11.8 Å². The minimum atomic E-state index is -1.14. The number of carboxylic acid groups (broad SMARTS) is 1. The van der Waals surface area contributed by atoms with E-state index >= 15 is 0 Å². The molecule has 16 heavy (non-hydrogen) atoms. The molecule has 0 radical (unpaired) electrons. The van der Waals surface area contributed by atoms with Gasteiger partial charge in [-0.1, -0.05) is 12.8 Å². The molecule has 2 rings (SSSR count). The van der Waals surface area contributed by atoms with E-state index in [1.54, 1.807) is 0 Å². The highest BCUT2D eigenvalue weighted by Crippen LogP contribution is 2.32. The predicted molar refractivity (Wildman–Crippen MR) is 56.2 cm³/mol. The van der Waals surface area contributed by atoms with Gasteiger partial charge in [0.25, 0.3) is 0 Å². The van der Waals surface area contributed by atoms with E-state index in [0.29, 0.717) is 6.61 Å². The number of carboxylic acids is 1. The second kappa shape index (κ2) is 4.51. The number of halogens is 1. The van der Waals surface area contributed by atoms with Crippen molar-refractivity contribution in [1.29, 1.82) is 0 Å². The maximum atomic E-state index is 13.4. The fraction of sp³-hybridized carbons (Fsp3) is 0.417. The van der Waals surface area contributed by atoms with Crippen LogP contribution in [0.3, 0.4) is 0 Å². The van der Waals surface area contributed by atoms with Crippen LogP contribution < -0.4 is 4.74 Å². The Morgan fingerprint density at radius 2 is 2.25 bits per heavy atom. The molecule has 1 aliphatic carbocycles. The molecule has 0 saturated heterocycles. The zero-order chi connectivity index (χ0) is 11.5. The third-order valence-electron chi connectivity index (χ3n) is 2.66. The lowest BCUT2D eigenvalue weighted by Crippen LogP contribution is -2.02. The summed E-state index contributed by atoms with van der Waals surface area (Å²) in [4.78, 5) is 10.6. The standard InChI is InChI=1S/C12H13FO3/c13-10-7-9(12(14)15)3-4-11(10)16-6-5-8-1-2-8/h3-4,7-8H,1-2,5-6H2,(H,14,15). The van der Waals surface area contributed by atoms with E-state index in [9.17, 15) is 9.18 Å². The predicted octanol–water partition coefficient (Wildman–Crippen LogP) is 2.70. The van der Waals surface area contributed by atoms with E-state index in [2.05, 4.69) is 0 Å². The third kappa shape index (κ3) is 2.72. The van der Waals surface area contributed by atoms with Crippen molar-refractivity contribution < 1.29 is 19.0 Å². The minimum Gasteiger partial charge on any atom is -0.491 e. The summed E-state index contributed by atoms with van der Waals surface area (Å²) in [5.74, 6) is -0.883. The Hall–Kier alpha value is -1.58. The van der Waals surface area contributed by atoms with Crippen molar-refractivity contribution in [3.8, 4) is 5.75 Å². The van der Waals surface area contributed by atoms with E-state index in [1.807, 2.05) is 0 Å². The van der Waals surface area contributed by atoms with Gasteiger partial charge in [0.1, 0.15) is 0 Å². The molecule has 0 atom stereocenters.